The van der Waals surface area contributed by atoms with E-state index < -0.39 is 17.5 Å². The summed E-state index contributed by atoms with van der Waals surface area (Å²) in [5.41, 5.74) is 1.14. The second kappa shape index (κ2) is 9.87. The number of benzene rings is 2. The second-order valence-corrected chi connectivity index (χ2v) is 9.80. The van der Waals surface area contributed by atoms with Crippen molar-refractivity contribution in [2.75, 3.05) is 0 Å². The third-order valence-electron chi connectivity index (χ3n) is 5.18. The van der Waals surface area contributed by atoms with Gasteiger partial charge in [0, 0.05) is 11.1 Å². The number of hydrogen-bond donors (Lipinski definition) is 1. The minimum atomic E-state index is -4.39. The number of aryl methyl sites for hydroxylation is 1. The van der Waals surface area contributed by atoms with Crippen molar-refractivity contribution in [3.63, 3.8) is 0 Å². The molecule has 2 heterocycles. The summed E-state index contributed by atoms with van der Waals surface area (Å²) in [5, 5.41) is 4.59. The Morgan fingerprint density at radius 2 is 1.89 bits per heavy atom. The summed E-state index contributed by atoms with van der Waals surface area (Å²) < 4.78 is 49.6. The number of ether oxygens (including phenoxy) is 1. The van der Waals surface area contributed by atoms with Gasteiger partial charge < -0.3 is 4.74 Å². The zero-order valence-electron chi connectivity index (χ0n) is 18.9. The van der Waals surface area contributed by atoms with Crippen molar-refractivity contribution >= 4 is 22.9 Å². The van der Waals surface area contributed by atoms with Gasteiger partial charge >= 0.3 is 11.9 Å². The average Bonchev–Trinajstić information content (AvgIpc) is 3.38. The van der Waals surface area contributed by atoms with Crippen LogP contribution in [0, 0.1) is 12.8 Å². The van der Waals surface area contributed by atoms with Gasteiger partial charge in [-0.15, -0.1) is 11.3 Å². The molecule has 0 saturated carbocycles. The number of alkyl halides is 3. The molecule has 1 unspecified atom stereocenters. The molecule has 0 aliphatic carbocycles. The number of H-pyrrole nitrogens is 1. The van der Waals surface area contributed by atoms with Crippen molar-refractivity contribution in [3.8, 4) is 27.7 Å². The van der Waals surface area contributed by atoms with E-state index in [1.54, 1.807) is 18.2 Å². The topological polar surface area (TPSA) is 81.0 Å². The van der Waals surface area contributed by atoms with Gasteiger partial charge in [-0.25, -0.2) is 9.78 Å². The Balaban J connectivity index is 1.61. The van der Waals surface area contributed by atoms with Crippen LogP contribution in [0.5, 0.6) is 5.75 Å². The molecule has 0 saturated heterocycles. The number of halogens is 4. The van der Waals surface area contributed by atoms with E-state index in [0.717, 1.165) is 22.7 Å². The fraction of sp³-hybridized carbons (Fsp3) is 0.292. The molecule has 0 radical (unpaired) electrons. The average molecular weight is 524 g/mol. The molecule has 2 aromatic heterocycles. The maximum Gasteiger partial charge on any atom is 0.439 e. The van der Waals surface area contributed by atoms with Crippen LogP contribution in [-0.2, 0) is 6.18 Å². The van der Waals surface area contributed by atoms with Crippen molar-refractivity contribution in [2.24, 2.45) is 5.92 Å². The van der Waals surface area contributed by atoms with E-state index in [9.17, 15) is 18.0 Å². The van der Waals surface area contributed by atoms with Crippen LogP contribution in [-0.4, -0.2) is 15.1 Å². The Kier molecular flexibility index (Phi) is 7.05. The van der Waals surface area contributed by atoms with Gasteiger partial charge in [0.2, 0.25) is 0 Å². The van der Waals surface area contributed by atoms with E-state index >= 15 is 0 Å². The van der Waals surface area contributed by atoms with E-state index in [1.807, 2.05) is 6.92 Å². The molecule has 1 atom stereocenters. The van der Waals surface area contributed by atoms with Gasteiger partial charge in [-0.05, 0) is 49.6 Å². The fourth-order valence-electron chi connectivity index (χ4n) is 3.54. The molecule has 184 valence electrons. The summed E-state index contributed by atoms with van der Waals surface area (Å²) in [5.74, 6) is 0.341. The molecule has 6 nitrogen and oxygen atoms in total. The molecular formula is C24H21ClF3N3O3S. The molecule has 0 spiro atoms. The summed E-state index contributed by atoms with van der Waals surface area (Å²) in [7, 11) is 0. The largest absolute Gasteiger partial charge is 0.485 e. The van der Waals surface area contributed by atoms with Crippen LogP contribution in [0.4, 0.5) is 13.2 Å². The maximum atomic E-state index is 12.9. The molecule has 0 amide bonds. The predicted octanol–water partition coefficient (Wildman–Crippen LogP) is 7.30. The van der Waals surface area contributed by atoms with Crippen molar-refractivity contribution in [3.05, 3.63) is 74.2 Å². The molecule has 0 aliphatic heterocycles. The number of rotatable bonds is 7. The highest BCUT2D eigenvalue weighted by Gasteiger charge is 2.30. The minimum Gasteiger partial charge on any atom is -0.485 e. The third-order valence-corrected chi connectivity index (χ3v) is 6.80. The first kappa shape index (κ1) is 25.0. The van der Waals surface area contributed by atoms with Gasteiger partial charge in [0.15, 0.2) is 5.82 Å². The van der Waals surface area contributed by atoms with Crippen molar-refractivity contribution < 1.29 is 22.4 Å². The van der Waals surface area contributed by atoms with Gasteiger partial charge in [0.05, 0.1) is 21.2 Å². The van der Waals surface area contributed by atoms with Gasteiger partial charge in [-0.1, -0.05) is 42.7 Å². The summed E-state index contributed by atoms with van der Waals surface area (Å²) >= 11 is 7.78. The number of nitrogens with zero attached hydrogens (tertiary/aromatic N) is 2. The number of nitrogens with one attached hydrogen (secondary N) is 1. The minimum absolute atomic E-state index is 0.213. The van der Waals surface area contributed by atoms with Crippen LogP contribution < -0.4 is 10.5 Å². The lowest BCUT2D eigenvalue weighted by Gasteiger charge is -2.21. The van der Waals surface area contributed by atoms with Crippen LogP contribution in [0.3, 0.4) is 0 Å². The lowest BCUT2D eigenvalue weighted by molar-refractivity contribution is -0.137. The molecule has 35 heavy (non-hydrogen) atoms. The highest BCUT2D eigenvalue weighted by molar-refractivity contribution is 7.15. The van der Waals surface area contributed by atoms with Crippen LogP contribution in [0.2, 0.25) is 5.02 Å². The number of thiazole rings is 1. The number of aromatic nitrogens is 3. The first-order chi connectivity index (χ1) is 16.5. The highest BCUT2D eigenvalue weighted by Crippen LogP contribution is 2.39. The summed E-state index contributed by atoms with van der Waals surface area (Å²) in [6.07, 6.45) is -4.05. The fourth-order valence-corrected chi connectivity index (χ4v) is 4.91. The molecule has 0 bridgehead atoms. The SMILES string of the molecule is Cc1nc(-c2ccc(C(F)(F)F)cc2)sc1C(CC(C)C)Oc1ccc(-c2noc(=O)[nH]2)c(Cl)c1. The van der Waals surface area contributed by atoms with Crippen molar-refractivity contribution in [1.82, 2.24) is 15.1 Å². The number of hydrogen-bond acceptors (Lipinski definition) is 6. The van der Waals surface area contributed by atoms with E-state index in [4.69, 9.17) is 16.3 Å². The molecule has 4 rings (SSSR count). The Morgan fingerprint density at radius 1 is 1.17 bits per heavy atom. The molecule has 4 aromatic rings. The smallest absolute Gasteiger partial charge is 0.439 e. The Morgan fingerprint density at radius 3 is 2.46 bits per heavy atom. The van der Waals surface area contributed by atoms with E-state index in [2.05, 4.69) is 33.5 Å². The zero-order valence-corrected chi connectivity index (χ0v) is 20.5. The van der Waals surface area contributed by atoms with Gasteiger partial charge in [0.25, 0.3) is 0 Å². The first-order valence-corrected chi connectivity index (χ1v) is 11.9. The number of aromatic amines is 1. The zero-order chi connectivity index (χ0) is 25.3. The first-order valence-electron chi connectivity index (χ1n) is 10.7. The van der Waals surface area contributed by atoms with E-state index in [1.165, 1.54) is 23.5 Å². The van der Waals surface area contributed by atoms with E-state index in [-0.39, 0.29) is 11.9 Å². The summed E-state index contributed by atoms with van der Waals surface area (Å²) in [4.78, 5) is 19.2. The lowest BCUT2D eigenvalue weighted by atomic mass is 10.0. The molecular weight excluding hydrogens is 503 g/mol. The normalized spacial score (nSPS) is 12.8. The summed E-state index contributed by atoms with van der Waals surface area (Å²) in [6, 6.07) is 9.98. The second-order valence-electron chi connectivity index (χ2n) is 8.37. The van der Waals surface area contributed by atoms with Crippen LogP contribution in [0.1, 0.15) is 42.5 Å². The third kappa shape index (κ3) is 5.76. The molecule has 1 N–H and O–H groups in total. The maximum absolute atomic E-state index is 12.9. The summed E-state index contributed by atoms with van der Waals surface area (Å²) in [6.45, 7) is 5.99. The quantitative estimate of drug-likeness (QED) is 0.275. The predicted molar refractivity (Wildman–Crippen MR) is 128 cm³/mol. The van der Waals surface area contributed by atoms with Crippen molar-refractivity contribution in [2.45, 2.75) is 39.5 Å². The lowest BCUT2D eigenvalue weighted by Crippen LogP contribution is -2.10. The Bertz CT molecular complexity index is 1380. The van der Waals surface area contributed by atoms with Gasteiger partial charge in [0.1, 0.15) is 16.9 Å². The Hall–Kier alpha value is -3.11. The van der Waals surface area contributed by atoms with Crippen molar-refractivity contribution in [1.29, 1.82) is 0 Å². The monoisotopic (exact) mass is 523 g/mol. The molecule has 2 aromatic carbocycles. The molecule has 0 aliphatic rings. The molecule has 0 fully saturated rings. The highest BCUT2D eigenvalue weighted by atomic mass is 35.5. The molecule has 11 heteroatoms. The Labute approximate surface area is 207 Å². The van der Waals surface area contributed by atoms with Crippen LogP contribution >= 0.6 is 22.9 Å². The van der Waals surface area contributed by atoms with Crippen LogP contribution in [0.15, 0.2) is 51.8 Å². The van der Waals surface area contributed by atoms with E-state index in [0.29, 0.717) is 39.2 Å². The standard InChI is InChI=1S/C24H21ClF3N3O3S/c1-12(2)10-19(33-16-8-9-17(18(25)11-16)21-30-23(32)34-31-21)20-13(3)29-22(35-20)14-4-6-15(7-5-14)24(26,27)28/h4-9,11-12,19H,10H2,1-3H3,(H,30,31,32). The van der Waals surface area contributed by atoms with Gasteiger partial charge in [-0.3, -0.25) is 9.51 Å². The van der Waals surface area contributed by atoms with Crippen LogP contribution in [0.25, 0.3) is 22.0 Å². The van der Waals surface area contributed by atoms with Gasteiger partial charge in [-0.2, -0.15) is 13.2 Å².